The highest BCUT2D eigenvalue weighted by atomic mass is 19.4. The fraction of sp³-hybridized carbons (Fsp3) is 0.316. The van der Waals surface area contributed by atoms with E-state index in [2.05, 4.69) is 10.1 Å². The Kier molecular flexibility index (Phi) is 8.16. The van der Waals surface area contributed by atoms with E-state index in [4.69, 9.17) is 9.47 Å². The van der Waals surface area contributed by atoms with E-state index in [-0.39, 0.29) is 24.5 Å². The Bertz CT molecular complexity index is 871. The summed E-state index contributed by atoms with van der Waals surface area (Å²) < 4.78 is 50.8. The molecular formula is C19H20F3N3O6. The van der Waals surface area contributed by atoms with Gasteiger partial charge in [-0.1, -0.05) is 0 Å². The molecule has 168 valence electrons. The molecule has 2 aromatic rings. The number of anilines is 2. The smallest absolute Gasteiger partial charge is 0.406 e. The number of benzene rings is 2. The molecule has 0 aliphatic rings. The van der Waals surface area contributed by atoms with Crippen molar-refractivity contribution in [2.75, 3.05) is 37.5 Å². The lowest BCUT2D eigenvalue weighted by Gasteiger charge is -2.27. The lowest BCUT2D eigenvalue weighted by Crippen LogP contribution is -2.39. The summed E-state index contributed by atoms with van der Waals surface area (Å²) in [5, 5.41) is 13.4. The predicted octanol–water partition coefficient (Wildman–Crippen LogP) is 3.56. The van der Waals surface area contributed by atoms with E-state index in [0.29, 0.717) is 5.69 Å². The number of ether oxygens (including phenoxy) is 3. The van der Waals surface area contributed by atoms with Gasteiger partial charge >= 0.3 is 6.36 Å². The second-order valence-corrected chi connectivity index (χ2v) is 6.18. The van der Waals surface area contributed by atoms with Crippen LogP contribution in [0.25, 0.3) is 0 Å². The minimum atomic E-state index is -4.81. The summed E-state index contributed by atoms with van der Waals surface area (Å²) in [5.74, 6) is -0.894. The average molecular weight is 443 g/mol. The maximum Gasteiger partial charge on any atom is 0.573 e. The van der Waals surface area contributed by atoms with Gasteiger partial charge in [0.15, 0.2) is 6.29 Å². The van der Waals surface area contributed by atoms with Crippen molar-refractivity contribution < 1.29 is 37.1 Å². The number of amides is 1. The first-order valence-electron chi connectivity index (χ1n) is 8.82. The van der Waals surface area contributed by atoms with Gasteiger partial charge < -0.3 is 24.4 Å². The van der Waals surface area contributed by atoms with Gasteiger partial charge in [0, 0.05) is 37.7 Å². The Morgan fingerprint density at radius 2 is 1.68 bits per heavy atom. The van der Waals surface area contributed by atoms with Crippen LogP contribution in [0, 0.1) is 10.1 Å². The molecule has 0 heterocycles. The first kappa shape index (κ1) is 23.9. The largest absolute Gasteiger partial charge is 0.573 e. The van der Waals surface area contributed by atoms with Gasteiger partial charge in [0.2, 0.25) is 5.91 Å². The molecule has 1 amide bonds. The van der Waals surface area contributed by atoms with Crippen LogP contribution in [0.15, 0.2) is 48.5 Å². The number of nitrogens with zero attached hydrogens (tertiary/aromatic N) is 2. The zero-order valence-electron chi connectivity index (χ0n) is 16.6. The highest BCUT2D eigenvalue weighted by Gasteiger charge is 2.31. The summed E-state index contributed by atoms with van der Waals surface area (Å²) in [6, 6.07) is 10.2. The number of hydrogen-bond donors (Lipinski definition) is 1. The van der Waals surface area contributed by atoms with Gasteiger partial charge in [-0.3, -0.25) is 14.9 Å². The summed E-state index contributed by atoms with van der Waals surface area (Å²) in [7, 11) is 2.85. The minimum absolute atomic E-state index is 0.107. The van der Waals surface area contributed by atoms with Crippen LogP contribution in [0.4, 0.5) is 30.2 Å². The van der Waals surface area contributed by atoms with Crippen molar-refractivity contribution in [1.82, 2.24) is 0 Å². The molecule has 0 unspecified atom stereocenters. The molecule has 0 spiro atoms. The van der Waals surface area contributed by atoms with E-state index in [0.717, 1.165) is 12.1 Å². The van der Waals surface area contributed by atoms with Crippen LogP contribution < -0.4 is 15.0 Å². The fourth-order valence-corrected chi connectivity index (χ4v) is 2.59. The summed E-state index contributed by atoms with van der Waals surface area (Å²) in [4.78, 5) is 24.4. The molecule has 0 radical (unpaired) electrons. The van der Waals surface area contributed by atoms with Crippen molar-refractivity contribution in [2.45, 2.75) is 12.7 Å². The number of halogens is 3. The Labute approximate surface area is 175 Å². The number of carbonyl (C=O) groups excluding carboxylic acids is 1. The number of alkyl halides is 3. The van der Waals surface area contributed by atoms with Crippen LogP contribution >= 0.6 is 0 Å². The lowest BCUT2D eigenvalue weighted by atomic mass is 10.2. The van der Waals surface area contributed by atoms with Crippen molar-refractivity contribution in [1.29, 1.82) is 0 Å². The maximum atomic E-state index is 12.5. The Morgan fingerprint density at radius 3 is 2.16 bits per heavy atom. The second kappa shape index (κ2) is 10.6. The summed E-state index contributed by atoms with van der Waals surface area (Å²) in [6.45, 7) is -0.0432. The van der Waals surface area contributed by atoms with Gasteiger partial charge in [0.25, 0.3) is 5.69 Å². The number of non-ortho nitro benzene ring substituents is 1. The van der Waals surface area contributed by atoms with Crippen LogP contribution in [-0.4, -0.2) is 50.8 Å². The molecule has 0 saturated heterocycles. The monoisotopic (exact) mass is 443 g/mol. The minimum Gasteiger partial charge on any atom is -0.406 e. The third kappa shape index (κ3) is 7.75. The molecule has 31 heavy (non-hydrogen) atoms. The Morgan fingerprint density at radius 1 is 1.10 bits per heavy atom. The van der Waals surface area contributed by atoms with Gasteiger partial charge in [0.05, 0.1) is 18.0 Å². The molecule has 0 atom stereocenters. The van der Waals surface area contributed by atoms with Gasteiger partial charge in [-0.05, 0) is 36.4 Å². The zero-order chi connectivity index (χ0) is 23.0. The normalized spacial score (nSPS) is 11.3. The highest BCUT2D eigenvalue weighted by Crippen LogP contribution is 2.24. The number of methoxy groups -OCH3 is 2. The SMILES string of the molecule is COC(CN(CC(=O)Nc1ccc(OC(F)(F)F)cc1)c1ccc([N+](=O)[O-])cc1)OC. The molecule has 0 aromatic heterocycles. The van der Waals surface area contributed by atoms with E-state index in [9.17, 15) is 28.1 Å². The van der Waals surface area contributed by atoms with Crippen molar-refractivity contribution in [3.05, 3.63) is 58.6 Å². The summed E-state index contributed by atoms with van der Waals surface area (Å²) in [5.41, 5.74) is 0.663. The quantitative estimate of drug-likeness (QED) is 0.340. The Balaban J connectivity index is 2.10. The topological polar surface area (TPSA) is 103 Å². The zero-order valence-corrected chi connectivity index (χ0v) is 16.6. The van der Waals surface area contributed by atoms with E-state index in [1.54, 1.807) is 4.90 Å². The number of hydrogen-bond acceptors (Lipinski definition) is 7. The van der Waals surface area contributed by atoms with Crippen LogP contribution in [0.2, 0.25) is 0 Å². The molecule has 0 aliphatic carbocycles. The molecule has 9 nitrogen and oxygen atoms in total. The predicted molar refractivity (Wildman–Crippen MR) is 105 cm³/mol. The Hall–Kier alpha value is -3.38. The van der Waals surface area contributed by atoms with Gasteiger partial charge in [-0.2, -0.15) is 0 Å². The molecule has 2 rings (SSSR count). The van der Waals surface area contributed by atoms with Crippen molar-refractivity contribution >= 4 is 23.0 Å². The standard InChI is InChI=1S/C19H20F3N3O6/c1-29-18(30-2)12-24(14-5-7-15(8-6-14)25(27)28)11-17(26)23-13-3-9-16(10-4-13)31-19(20,21)22/h3-10,18H,11-12H2,1-2H3,(H,23,26). The second-order valence-electron chi connectivity index (χ2n) is 6.18. The van der Waals surface area contributed by atoms with Crippen LogP contribution in [-0.2, 0) is 14.3 Å². The highest BCUT2D eigenvalue weighted by molar-refractivity contribution is 5.94. The average Bonchev–Trinajstić information content (AvgIpc) is 2.71. The molecule has 1 N–H and O–H groups in total. The van der Waals surface area contributed by atoms with Gasteiger partial charge in [-0.25, -0.2) is 0 Å². The molecule has 2 aromatic carbocycles. The number of nitrogens with one attached hydrogen (secondary N) is 1. The lowest BCUT2D eigenvalue weighted by molar-refractivity contribution is -0.384. The van der Waals surface area contributed by atoms with Crippen molar-refractivity contribution in [3.63, 3.8) is 0 Å². The van der Waals surface area contributed by atoms with Crippen LogP contribution in [0.3, 0.4) is 0 Å². The van der Waals surface area contributed by atoms with Gasteiger partial charge in [0.1, 0.15) is 5.75 Å². The van der Waals surface area contributed by atoms with E-state index >= 15 is 0 Å². The molecular weight excluding hydrogens is 423 g/mol. The first-order valence-corrected chi connectivity index (χ1v) is 8.82. The molecule has 0 saturated carbocycles. The van der Waals surface area contributed by atoms with Crippen molar-refractivity contribution in [3.8, 4) is 5.75 Å². The molecule has 12 heteroatoms. The summed E-state index contributed by atoms with van der Waals surface area (Å²) >= 11 is 0. The number of carbonyl (C=O) groups is 1. The number of nitro benzene ring substituents is 1. The van der Waals surface area contributed by atoms with E-state index in [1.807, 2.05) is 0 Å². The van der Waals surface area contributed by atoms with E-state index < -0.39 is 29.2 Å². The molecule has 0 aliphatic heterocycles. The third-order valence-electron chi connectivity index (χ3n) is 4.03. The molecule has 0 bridgehead atoms. The maximum absolute atomic E-state index is 12.5. The number of nitro groups is 1. The van der Waals surface area contributed by atoms with Crippen LogP contribution in [0.5, 0.6) is 5.75 Å². The number of rotatable bonds is 10. The van der Waals surface area contributed by atoms with Gasteiger partial charge in [-0.15, -0.1) is 13.2 Å². The van der Waals surface area contributed by atoms with E-state index in [1.165, 1.54) is 50.6 Å². The first-order chi connectivity index (χ1) is 14.6. The van der Waals surface area contributed by atoms with Crippen LogP contribution in [0.1, 0.15) is 0 Å². The molecule has 0 fully saturated rings. The fourth-order valence-electron chi connectivity index (χ4n) is 2.59. The summed E-state index contributed by atoms with van der Waals surface area (Å²) in [6.07, 6.45) is -5.49. The van der Waals surface area contributed by atoms with Crippen molar-refractivity contribution in [2.24, 2.45) is 0 Å². The third-order valence-corrected chi connectivity index (χ3v) is 4.03.